The number of carbonyl (C=O) groups excluding carboxylic acids is 2. The fourth-order valence-electron chi connectivity index (χ4n) is 17.1. The molecule has 18 atom stereocenters. The molecule has 0 unspecified atom stereocenters. The number of aliphatic carboxylic acids is 2. The zero-order valence-corrected chi connectivity index (χ0v) is 38.3. The van der Waals surface area contributed by atoms with Crippen LogP contribution in [0.25, 0.3) is 0 Å². The van der Waals surface area contributed by atoms with E-state index in [1.807, 2.05) is 0 Å². The SMILES string of the molecule is C[C@H](CCC(=O)O)[C@H]1CC[C@H]2[C@@H]3C(=O)C[C@@H]4C[C@H](O)CC[C@]4(C)[C@H]3CC[C@]12C.C[C@H](CCC(=O)O)[C@H]1CC[C@H]2[C@@H]3C(=O)C[C@@H]4C[C@H](O)CC[C@]4(C)[C@H]3CC[C@]12C.c1c[nH]cn1. The molecule has 9 rings (SSSR count). The molecule has 0 amide bonds. The number of aliphatic hydroxyl groups is 2. The van der Waals surface area contributed by atoms with Crippen molar-refractivity contribution in [1.82, 2.24) is 9.97 Å². The summed E-state index contributed by atoms with van der Waals surface area (Å²) >= 11 is 0. The summed E-state index contributed by atoms with van der Waals surface area (Å²) < 4.78 is 0. The number of nitrogens with one attached hydrogen (secondary N) is 1. The summed E-state index contributed by atoms with van der Waals surface area (Å²) in [7, 11) is 0. The van der Waals surface area contributed by atoms with Crippen LogP contribution < -0.4 is 0 Å². The Hall–Kier alpha value is -2.59. The summed E-state index contributed by atoms with van der Waals surface area (Å²) in [6.45, 7) is 14.1. The number of Topliss-reactive ketones (excluding diaryl/α,β-unsaturated/α-hetero) is 2. The van der Waals surface area contributed by atoms with E-state index >= 15 is 0 Å². The Balaban J connectivity index is 0.000000165. The number of rotatable bonds is 8. The van der Waals surface area contributed by atoms with E-state index in [1.54, 1.807) is 18.7 Å². The highest BCUT2D eigenvalue weighted by Gasteiger charge is 2.64. The molecule has 0 bridgehead atoms. The van der Waals surface area contributed by atoms with Gasteiger partial charge >= 0.3 is 11.9 Å². The first-order valence-corrected chi connectivity index (χ1v) is 24.6. The molecule has 8 aliphatic rings. The average molecular weight is 849 g/mol. The van der Waals surface area contributed by atoms with Crippen molar-refractivity contribution in [3.05, 3.63) is 18.7 Å². The Morgan fingerprint density at radius 1 is 0.639 bits per heavy atom. The van der Waals surface area contributed by atoms with Gasteiger partial charge < -0.3 is 25.4 Å². The average Bonchev–Trinajstić information content (AvgIpc) is 3.98. The first-order chi connectivity index (χ1) is 28.8. The second kappa shape index (κ2) is 18.1. The quantitative estimate of drug-likeness (QED) is 0.170. The van der Waals surface area contributed by atoms with E-state index in [2.05, 4.69) is 51.5 Å². The van der Waals surface area contributed by atoms with Crippen molar-refractivity contribution in [3.8, 4) is 0 Å². The molecule has 5 N–H and O–H groups in total. The summed E-state index contributed by atoms with van der Waals surface area (Å²) in [6.07, 6.45) is 22.7. The van der Waals surface area contributed by atoms with Gasteiger partial charge in [-0.1, -0.05) is 41.5 Å². The number of imidazole rings is 1. The maximum atomic E-state index is 13.3. The minimum absolute atomic E-state index is 0.187. The number of H-pyrrole nitrogens is 1. The predicted octanol–water partition coefficient (Wildman–Crippen LogP) is 9.78. The smallest absolute Gasteiger partial charge is 0.303 e. The topological polar surface area (TPSA) is 178 Å². The second-order valence-electron chi connectivity index (χ2n) is 23.1. The Morgan fingerprint density at radius 2 is 1.03 bits per heavy atom. The van der Waals surface area contributed by atoms with Crippen LogP contribution in [0.15, 0.2) is 18.7 Å². The molecule has 8 saturated carbocycles. The van der Waals surface area contributed by atoms with Gasteiger partial charge in [-0.2, -0.15) is 0 Å². The fraction of sp³-hybridized carbons (Fsp3) is 0.863. The lowest BCUT2D eigenvalue weighted by Gasteiger charge is -2.60. The minimum atomic E-state index is -0.698. The monoisotopic (exact) mass is 849 g/mol. The largest absolute Gasteiger partial charge is 0.481 e. The van der Waals surface area contributed by atoms with Crippen LogP contribution in [0.1, 0.15) is 170 Å². The Kier molecular flexibility index (Phi) is 13.8. The summed E-state index contributed by atoms with van der Waals surface area (Å²) in [5.74, 6) is 4.50. The predicted molar refractivity (Wildman–Crippen MR) is 234 cm³/mol. The molecule has 8 fully saturated rings. The number of carbonyl (C=O) groups is 4. The maximum absolute atomic E-state index is 13.3. The van der Waals surface area contributed by atoms with Crippen molar-refractivity contribution < 1.29 is 39.6 Å². The molecule has 1 aromatic rings. The summed E-state index contributed by atoms with van der Waals surface area (Å²) in [6, 6.07) is 0. The fourth-order valence-corrected chi connectivity index (χ4v) is 17.1. The highest BCUT2D eigenvalue weighted by Crippen LogP contribution is 2.69. The molecule has 10 nitrogen and oxygen atoms in total. The van der Waals surface area contributed by atoms with E-state index < -0.39 is 11.9 Å². The van der Waals surface area contributed by atoms with Crippen molar-refractivity contribution >= 4 is 23.5 Å². The van der Waals surface area contributed by atoms with Gasteiger partial charge in [-0.15, -0.1) is 0 Å². The first kappa shape index (κ1) is 46.4. The van der Waals surface area contributed by atoms with Crippen LogP contribution in [0.2, 0.25) is 0 Å². The standard InChI is InChI=1S/2C24H38O4.C3H4N2/c2*1-14(4-7-21(27)28)17-5-6-18-22-19(9-11-24(17,18)3)23(2)10-8-16(25)12-15(23)13-20(22)26;1-2-5-3-4-1/h2*14-19,22,25H,4-13H2,1-3H3,(H,27,28);1-3H,(H,4,5)/t2*14-,15+,16-,17-,18+,19+,22+,23+,24-;/m11./s1. The zero-order chi connectivity index (χ0) is 44.1. The molecule has 0 aromatic carbocycles. The molecule has 0 spiro atoms. The van der Waals surface area contributed by atoms with Crippen molar-refractivity contribution in [1.29, 1.82) is 0 Å². The highest BCUT2D eigenvalue weighted by molar-refractivity contribution is 5.84. The number of hydrogen-bond donors (Lipinski definition) is 5. The number of ketones is 2. The lowest BCUT2D eigenvalue weighted by Crippen LogP contribution is -2.57. The third-order valence-electron chi connectivity index (χ3n) is 20.4. The third-order valence-corrected chi connectivity index (χ3v) is 20.4. The van der Waals surface area contributed by atoms with Crippen LogP contribution in [-0.2, 0) is 19.2 Å². The van der Waals surface area contributed by atoms with Crippen LogP contribution in [0.4, 0.5) is 0 Å². The summed E-state index contributed by atoms with van der Waals surface area (Å²) in [5, 5.41) is 38.5. The van der Waals surface area contributed by atoms with Gasteiger partial charge in [0.05, 0.1) is 18.5 Å². The number of hydrogen-bond acceptors (Lipinski definition) is 7. The van der Waals surface area contributed by atoms with E-state index in [1.165, 1.54) is 12.8 Å². The number of aliphatic hydroxyl groups excluding tert-OH is 2. The molecule has 0 radical (unpaired) electrons. The second-order valence-corrected chi connectivity index (χ2v) is 23.1. The lowest BCUT2D eigenvalue weighted by molar-refractivity contribution is -0.161. The molecule has 1 aromatic heterocycles. The molecule has 10 heteroatoms. The molecular weight excluding hydrogens is 769 g/mol. The van der Waals surface area contributed by atoms with Crippen molar-refractivity contribution in [3.63, 3.8) is 0 Å². The van der Waals surface area contributed by atoms with Crippen molar-refractivity contribution in [2.75, 3.05) is 0 Å². The zero-order valence-electron chi connectivity index (χ0n) is 38.3. The van der Waals surface area contributed by atoms with E-state index in [-0.39, 0.29) is 58.5 Å². The van der Waals surface area contributed by atoms with E-state index in [0.717, 1.165) is 89.9 Å². The number of nitrogens with zero attached hydrogens (tertiary/aromatic N) is 1. The Morgan fingerprint density at radius 3 is 1.38 bits per heavy atom. The number of aromatic amines is 1. The number of carboxylic acid groups (broad SMARTS) is 2. The maximum Gasteiger partial charge on any atom is 0.303 e. The summed E-state index contributed by atoms with van der Waals surface area (Å²) in [5.41, 5.74) is 0.802. The van der Waals surface area contributed by atoms with Gasteiger partial charge in [0.2, 0.25) is 0 Å². The third kappa shape index (κ3) is 8.69. The highest BCUT2D eigenvalue weighted by atomic mass is 16.4. The number of carboxylic acids is 2. The number of aromatic nitrogens is 2. The Bertz CT molecular complexity index is 1590. The number of fused-ring (bicyclic) bond motifs is 10. The van der Waals surface area contributed by atoms with Crippen LogP contribution >= 0.6 is 0 Å². The van der Waals surface area contributed by atoms with Crippen molar-refractivity contribution in [2.45, 2.75) is 182 Å². The lowest BCUT2D eigenvalue weighted by atomic mass is 9.44. The molecule has 8 aliphatic carbocycles. The van der Waals surface area contributed by atoms with Crippen molar-refractivity contribution in [2.24, 2.45) is 92.7 Å². The molecule has 0 aliphatic heterocycles. The Labute approximate surface area is 365 Å². The normalized spacial score (nSPS) is 45.7. The van der Waals surface area contributed by atoms with E-state index in [9.17, 15) is 29.4 Å². The summed E-state index contributed by atoms with van der Waals surface area (Å²) in [4.78, 5) is 55.2. The molecule has 1 heterocycles. The van der Waals surface area contributed by atoms with Gasteiger partial charge in [-0.25, -0.2) is 4.98 Å². The van der Waals surface area contributed by atoms with E-state index in [4.69, 9.17) is 10.2 Å². The van der Waals surface area contributed by atoms with Crippen LogP contribution in [0.5, 0.6) is 0 Å². The first-order valence-electron chi connectivity index (χ1n) is 24.6. The molecule has 61 heavy (non-hydrogen) atoms. The van der Waals surface area contributed by atoms with Crippen LogP contribution in [0, 0.1) is 92.7 Å². The molecule has 0 saturated heterocycles. The van der Waals surface area contributed by atoms with Crippen LogP contribution in [0.3, 0.4) is 0 Å². The van der Waals surface area contributed by atoms with Gasteiger partial charge in [0.1, 0.15) is 11.6 Å². The minimum Gasteiger partial charge on any atom is -0.481 e. The van der Waals surface area contributed by atoms with Gasteiger partial charge in [-0.05, 0) is 184 Å². The van der Waals surface area contributed by atoms with Gasteiger partial charge in [-0.3, -0.25) is 19.2 Å². The van der Waals surface area contributed by atoms with Gasteiger partial charge in [0.25, 0.3) is 0 Å². The molecular formula is C51H80N2O8. The van der Waals surface area contributed by atoms with E-state index in [0.29, 0.717) is 83.6 Å². The van der Waals surface area contributed by atoms with Gasteiger partial charge in [0.15, 0.2) is 0 Å². The molecule has 342 valence electrons. The van der Waals surface area contributed by atoms with Crippen LogP contribution in [-0.4, -0.2) is 66.1 Å². The van der Waals surface area contributed by atoms with Gasteiger partial charge in [0, 0.05) is 49.9 Å².